The van der Waals surface area contributed by atoms with Crippen molar-refractivity contribution in [3.05, 3.63) is 0 Å². The monoisotopic (exact) mass is 304 g/mol. The summed E-state index contributed by atoms with van der Waals surface area (Å²) >= 11 is 0. The van der Waals surface area contributed by atoms with E-state index < -0.39 is 15.6 Å². The number of sulfonamides is 1. The Labute approximate surface area is 122 Å². The molecule has 5 nitrogen and oxygen atoms in total. The average Bonchev–Trinajstić information content (AvgIpc) is 2.31. The third-order valence-corrected chi connectivity index (χ3v) is 5.73. The fraction of sp³-hybridized carbons (Fsp3) is 1.00. The van der Waals surface area contributed by atoms with Crippen LogP contribution in [0.1, 0.15) is 45.4 Å². The van der Waals surface area contributed by atoms with E-state index in [1.165, 1.54) is 0 Å². The zero-order chi connectivity index (χ0) is 14.8. The number of piperidine rings is 1. The maximum atomic E-state index is 11.2. The molecular weight excluding hydrogens is 276 g/mol. The van der Waals surface area contributed by atoms with Crippen molar-refractivity contribution in [1.82, 2.24) is 4.90 Å². The van der Waals surface area contributed by atoms with Gasteiger partial charge in [0.1, 0.15) is 0 Å². The van der Waals surface area contributed by atoms with E-state index in [-0.39, 0.29) is 11.7 Å². The summed E-state index contributed by atoms with van der Waals surface area (Å²) in [6.45, 7) is 4.62. The molecule has 20 heavy (non-hydrogen) atoms. The normalized spacial score (nSPS) is 37.0. The van der Waals surface area contributed by atoms with Crippen LogP contribution < -0.4 is 5.14 Å². The Morgan fingerprint density at radius 1 is 1.30 bits per heavy atom. The molecule has 1 aliphatic carbocycles. The summed E-state index contributed by atoms with van der Waals surface area (Å²) in [6, 6.07) is 0. The van der Waals surface area contributed by atoms with Gasteiger partial charge in [-0.3, -0.25) is 0 Å². The molecule has 0 aromatic heterocycles. The van der Waals surface area contributed by atoms with Crippen LogP contribution in [0.5, 0.6) is 0 Å². The quantitative estimate of drug-likeness (QED) is 0.809. The Morgan fingerprint density at radius 3 is 2.55 bits per heavy atom. The number of nitrogens with two attached hydrogens (primary N) is 1. The summed E-state index contributed by atoms with van der Waals surface area (Å²) in [7, 11) is -3.39. The van der Waals surface area contributed by atoms with Crippen molar-refractivity contribution in [2.75, 3.05) is 25.4 Å². The van der Waals surface area contributed by atoms with Gasteiger partial charge in [0.05, 0.1) is 11.4 Å². The van der Waals surface area contributed by atoms with Gasteiger partial charge in [-0.25, -0.2) is 13.6 Å². The Balaban J connectivity index is 1.86. The fourth-order valence-electron chi connectivity index (χ4n) is 3.63. The first-order chi connectivity index (χ1) is 9.26. The second kappa shape index (κ2) is 6.30. The van der Waals surface area contributed by atoms with Crippen LogP contribution in [0.2, 0.25) is 0 Å². The molecule has 1 heterocycles. The second-order valence-corrected chi connectivity index (χ2v) is 8.64. The molecule has 1 atom stereocenters. The van der Waals surface area contributed by atoms with Gasteiger partial charge in [0.15, 0.2) is 0 Å². The van der Waals surface area contributed by atoms with E-state index in [9.17, 15) is 13.5 Å². The minimum atomic E-state index is -3.39. The molecule has 0 bridgehead atoms. The van der Waals surface area contributed by atoms with Crippen molar-refractivity contribution in [2.24, 2.45) is 17.0 Å². The summed E-state index contributed by atoms with van der Waals surface area (Å²) in [5.41, 5.74) is -0.573. The minimum absolute atomic E-state index is 0.0684. The summed E-state index contributed by atoms with van der Waals surface area (Å²) < 4.78 is 22.4. The van der Waals surface area contributed by atoms with Gasteiger partial charge >= 0.3 is 0 Å². The lowest BCUT2D eigenvalue weighted by Crippen LogP contribution is -2.49. The number of primary sulfonamides is 1. The molecule has 1 aliphatic heterocycles. The Kier molecular flexibility index (Phi) is 5.10. The first-order valence-corrected chi connectivity index (χ1v) is 9.42. The van der Waals surface area contributed by atoms with Crippen molar-refractivity contribution < 1.29 is 13.5 Å². The van der Waals surface area contributed by atoms with Gasteiger partial charge < -0.3 is 10.0 Å². The topological polar surface area (TPSA) is 83.6 Å². The zero-order valence-corrected chi connectivity index (χ0v) is 13.2. The van der Waals surface area contributed by atoms with E-state index in [0.29, 0.717) is 12.5 Å². The van der Waals surface area contributed by atoms with E-state index >= 15 is 0 Å². The van der Waals surface area contributed by atoms with Gasteiger partial charge in [0, 0.05) is 13.1 Å². The largest absolute Gasteiger partial charge is 0.389 e. The predicted octanol–water partition coefficient (Wildman–Crippen LogP) is 0.928. The Bertz CT molecular complexity index is 416. The van der Waals surface area contributed by atoms with E-state index in [4.69, 9.17) is 5.14 Å². The maximum Gasteiger partial charge on any atom is 0.209 e. The molecule has 0 spiro atoms. The third kappa shape index (κ3) is 4.98. The van der Waals surface area contributed by atoms with Crippen molar-refractivity contribution in [1.29, 1.82) is 0 Å². The third-order valence-electron chi connectivity index (χ3n) is 4.79. The molecule has 0 radical (unpaired) electrons. The van der Waals surface area contributed by atoms with Crippen LogP contribution in [-0.2, 0) is 10.0 Å². The Hall–Kier alpha value is -0.170. The van der Waals surface area contributed by atoms with Gasteiger partial charge in [0.2, 0.25) is 10.0 Å². The first kappa shape index (κ1) is 16.2. The lowest BCUT2D eigenvalue weighted by Gasteiger charge is -2.41. The molecule has 2 rings (SSSR count). The molecule has 2 fully saturated rings. The van der Waals surface area contributed by atoms with Crippen molar-refractivity contribution in [2.45, 2.75) is 51.0 Å². The molecule has 2 aliphatic rings. The molecule has 1 saturated heterocycles. The van der Waals surface area contributed by atoms with Crippen LogP contribution in [0.4, 0.5) is 0 Å². The van der Waals surface area contributed by atoms with E-state index in [0.717, 1.165) is 51.6 Å². The van der Waals surface area contributed by atoms with Crippen molar-refractivity contribution >= 4 is 10.0 Å². The number of likely N-dealkylation sites (tertiary alicyclic amines) is 1. The van der Waals surface area contributed by atoms with Gasteiger partial charge in [0.25, 0.3) is 0 Å². The van der Waals surface area contributed by atoms with Crippen LogP contribution in [-0.4, -0.2) is 49.4 Å². The lowest BCUT2D eigenvalue weighted by molar-refractivity contribution is -0.0415. The standard InChI is InChI=1S/C14H28N2O3S/c1-12-4-6-14(17,7-5-12)11-16-8-2-3-13(9-16)10-20(15,18)19/h12-13,17H,2-11H2,1H3,(H2,15,18,19)/t12?,13-,14?/m1/s1. The minimum Gasteiger partial charge on any atom is -0.389 e. The highest BCUT2D eigenvalue weighted by Gasteiger charge is 2.35. The molecule has 6 heteroatoms. The maximum absolute atomic E-state index is 11.2. The molecule has 0 unspecified atom stereocenters. The highest BCUT2D eigenvalue weighted by atomic mass is 32.2. The highest BCUT2D eigenvalue weighted by molar-refractivity contribution is 7.89. The fourth-order valence-corrected chi connectivity index (χ4v) is 4.56. The van der Waals surface area contributed by atoms with Gasteiger partial charge in [-0.05, 0) is 56.9 Å². The van der Waals surface area contributed by atoms with Crippen LogP contribution in [0, 0.1) is 11.8 Å². The summed E-state index contributed by atoms with van der Waals surface area (Å²) in [5.74, 6) is 0.899. The van der Waals surface area contributed by atoms with Gasteiger partial charge in [-0.15, -0.1) is 0 Å². The molecule has 0 amide bonds. The van der Waals surface area contributed by atoms with Crippen LogP contribution in [0.25, 0.3) is 0 Å². The number of hydrogen-bond donors (Lipinski definition) is 2. The average molecular weight is 304 g/mol. The molecule has 118 valence electrons. The lowest BCUT2D eigenvalue weighted by atomic mass is 9.79. The Morgan fingerprint density at radius 2 is 1.95 bits per heavy atom. The van der Waals surface area contributed by atoms with Crippen LogP contribution >= 0.6 is 0 Å². The number of aliphatic hydroxyl groups is 1. The van der Waals surface area contributed by atoms with Crippen LogP contribution in [0.15, 0.2) is 0 Å². The molecule has 3 N–H and O–H groups in total. The number of β-amino-alcohol motifs (C(OH)–C–C–N with tert-alkyl or cyclic N) is 1. The highest BCUT2D eigenvalue weighted by Crippen LogP contribution is 2.33. The van der Waals surface area contributed by atoms with Crippen molar-refractivity contribution in [3.63, 3.8) is 0 Å². The van der Waals surface area contributed by atoms with Gasteiger partial charge in [-0.2, -0.15) is 0 Å². The van der Waals surface area contributed by atoms with E-state index in [2.05, 4.69) is 11.8 Å². The second-order valence-electron chi connectivity index (χ2n) is 6.98. The molecule has 1 saturated carbocycles. The SMILES string of the molecule is CC1CCC(O)(CN2CCC[C@@H](CS(N)(=O)=O)C2)CC1. The van der Waals surface area contributed by atoms with E-state index in [1.54, 1.807) is 0 Å². The molecule has 0 aromatic rings. The van der Waals surface area contributed by atoms with E-state index in [1.807, 2.05) is 0 Å². The van der Waals surface area contributed by atoms with Crippen molar-refractivity contribution in [3.8, 4) is 0 Å². The molecule has 0 aromatic carbocycles. The number of hydrogen-bond acceptors (Lipinski definition) is 4. The number of rotatable bonds is 4. The summed E-state index contributed by atoms with van der Waals surface area (Å²) in [4.78, 5) is 2.23. The summed E-state index contributed by atoms with van der Waals surface area (Å²) in [5, 5.41) is 15.8. The van der Waals surface area contributed by atoms with Gasteiger partial charge in [-0.1, -0.05) is 6.92 Å². The first-order valence-electron chi connectivity index (χ1n) is 7.71. The zero-order valence-electron chi connectivity index (χ0n) is 12.4. The predicted molar refractivity (Wildman–Crippen MR) is 79.7 cm³/mol. The smallest absolute Gasteiger partial charge is 0.209 e. The number of nitrogens with zero attached hydrogens (tertiary/aromatic N) is 1. The summed E-state index contributed by atoms with van der Waals surface area (Å²) in [6.07, 6.45) is 5.82. The molecular formula is C14H28N2O3S. The van der Waals surface area contributed by atoms with Crippen LogP contribution in [0.3, 0.4) is 0 Å².